The van der Waals surface area contributed by atoms with Crippen LogP contribution in [0.25, 0.3) is 0 Å². The number of piperidine rings is 3. The number of ether oxygens (including phenoxy) is 1. The van der Waals surface area contributed by atoms with Crippen molar-refractivity contribution in [2.75, 3.05) is 174 Å². The van der Waals surface area contributed by atoms with Crippen LogP contribution in [0.1, 0.15) is 80.6 Å². The molecule has 6 aliphatic heterocycles. The zero-order valence-electron chi connectivity index (χ0n) is 33.5. The Morgan fingerprint density at radius 2 is 0.796 bits per heavy atom. The van der Waals surface area contributed by atoms with Crippen LogP contribution >= 0.6 is 0 Å². The first-order valence-electron chi connectivity index (χ1n) is 19.6. The fourth-order valence-corrected chi connectivity index (χ4v) is 6.34. The van der Waals surface area contributed by atoms with E-state index in [0.717, 1.165) is 38.1 Å². The van der Waals surface area contributed by atoms with Gasteiger partial charge in [0.2, 0.25) is 0 Å². The van der Waals surface area contributed by atoms with Gasteiger partial charge in [0.05, 0.1) is 13.2 Å². The first-order valence-corrected chi connectivity index (χ1v) is 19.6. The Morgan fingerprint density at radius 1 is 0.408 bits per heavy atom. The monoisotopic (exact) mass is 701 g/mol. The molecule has 49 heavy (non-hydrogen) atoms. The number of rotatable bonds is 1. The normalized spacial score (nSPS) is 25.7. The average Bonchev–Trinajstić information content (AvgIpc) is 3.06. The fraction of sp³-hybridized carbons (Fsp3) is 1.00. The van der Waals surface area contributed by atoms with Gasteiger partial charge in [0, 0.05) is 72.0 Å². The predicted octanol–water partition coefficient (Wildman–Crippen LogP) is 5.14. The summed E-state index contributed by atoms with van der Waals surface area (Å²) in [5, 5.41) is 0. The minimum absolute atomic E-state index is 0. The van der Waals surface area contributed by atoms with Gasteiger partial charge in [-0.1, -0.05) is 42.0 Å². The number of nitrogens with zero attached hydrogens (tertiary/aromatic N) is 8. The van der Waals surface area contributed by atoms with Gasteiger partial charge in [0.25, 0.3) is 0 Å². The van der Waals surface area contributed by atoms with Crippen molar-refractivity contribution in [1.82, 2.24) is 39.2 Å². The van der Waals surface area contributed by atoms with Crippen molar-refractivity contribution < 1.29 is 4.74 Å². The van der Waals surface area contributed by atoms with Crippen molar-refractivity contribution in [3.05, 3.63) is 0 Å². The molecule has 0 amide bonds. The highest BCUT2D eigenvalue weighted by molar-refractivity contribution is 4.68. The van der Waals surface area contributed by atoms with E-state index in [2.05, 4.69) is 109 Å². The first kappa shape index (κ1) is 50.7. The average molecular weight is 701 g/mol. The number of piperazine rings is 2. The topological polar surface area (TPSA) is 35.2 Å². The Bertz CT molecular complexity index is 603. The maximum absolute atomic E-state index is 5.10. The third kappa shape index (κ3) is 29.9. The summed E-state index contributed by atoms with van der Waals surface area (Å²) in [6, 6.07) is 0. The molecule has 0 saturated carbocycles. The molecule has 6 fully saturated rings. The van der Waals surface area contributed by atoms with Crippen molar-refractivity contribution in [2.24, 2.45) is 11.8 Å². The van der Waals surface area contributed by atoms with Crippen LogP contribution in [0.15, 0.2) is 0 Å². The minimum atomic E-state index is 0. The molecule has 0 aromatic carbocycles. The zero-order valence-corrected chi connectivity index (χ0v) is 33.5. The van der Waals surface area contributed by atoms with E-state index in [0.29, 0.717) is 0 Å². The molecule has 0 spiro atoms. The Labute approximate surface area is 309 Å². The van der Waals surface area contributed by atoms with E-state index in [1.54, 1.807) is 0 Å². The summed E-state index contributed by atoms with van der Waals surface area (Å²) in [5.41, 5.74) is 0. The molecule has 298 valence electrons. The van der Waals surface area contributed by atoms with Crippen LogP contribution < -0.4 is 0 Å². The molecule has 6 rings (SSSR count). The van der Waals surface area contributed by atoms with Crippen LogP contribution in [0.3, 0.4) is 0 Å². The fourth-order valence-electron chi connectivity index (χ4n) is 6.34. The number of morpholine rings is 1. The number of likely N-dealkylation sites (tertiary alicyclic amines) is 3. The molecule has 6 saturated heterocycles. The van der Waals surface area contributed by atoms with E-state index in [-0.39, 0.29) is 14.9 Å². The summed E-state index contributed by atoms with van der Waals surface area (Å²) < 4.78 is 5.10. The van der Waals surface area contributed by atoms with E-state index in [1.165, 1.54) is 143 Å². The van der Waals surface area contributed by atoms with Gasteiger partial charge in [-0.3, -0.25) is 0 Å². The van der Waals surface area contributed by atoms with E-state index in [4.69, 9.17) is 4.74 Å². The molecule has 9 heteroatoms. The van der Waals surface area contributed by atoms with Gasteiger partial charge in [0.15, 0.2) is 0 Å². The largest absolute Gasteiger partial charge is 0.379 e. The smallest absolute Gasteiger partial charge is 0.0594 e. The second-order valence-electron chi connectivity index (χ2n) is 15.6. The Kier molecular flexibility index (Phi) is 33.5. The molecule has 6 heterocycles. The van der Waals surface area contributed by atoms with E-state index >= 15 is 0 Å². The lowest BCUT2D eigenvalue weighted by Gasteiger charge is -2.31. The first-order chi connectivity index (χ1) is 22.5. The maximum atomic E-state index is 5.10. The summed E-state index contributed by atoms with van der Waals surface area (Å²) in [5.74, 6) is 1.92. The summed E-state index contributed by atoms with van der Waals surface area (Å²) in [7, 11) is 15.2. The highest BCUT2D eigenvalue weighted by Gasteiger charge is 2.12. The lowest BCUT2D eigenvalue weighted by atomic mass is 10.00. The summed E-state index contributed by atoms with van der Waals surface area (Å²) in [6.07, 6.45) is 9.91. The highest BCUT2D eigenvalue weighted by Crippen LogP contribution is 2.14. The second-order valence-corrected chi connectivity index (χ2v) is 15.6. The highest BCUT2D eigenvalue weighted by atomic mass is 16.5. The van der Waals surface area contributed by atoms with Crippen LogP contribution in [0.2, 0.25) is 0 Å². The molecule has 0 bridgehead atoms. The molecule has 9 nitrogen and oxygen atoms in total. The van der Waals surface area contributed by atoms with Gasteiger partial charge in [-0.05, 0) is 139 Å². The molecule has 1 unspecified atom stereocenters. The number of likely N-dealkylation sites (N-methyl/N-ethyl adjacent to an activating group) is 5. The van der Waals surface area contributed by atoms with Crippen molar-refractivity contribution >= 4 is 0 Å². The molecule has 0 aromatic heterocycles. The molecular weight excluding hydrogens is 608 g/mol. The maximum Gasteiger partial charge on any atom is 0.0594 e. The molecule has 1 atom stereocenters. The van der Waals surface area contributed by atoms with Gasteiger partial charge < -0.3 is 43.9 Å². The van der Waals surface area contributed by atoms with E-state index < -0.39 is 0 Å². The molecule has 0 aliphatic carbocycles. The van der Waals surface area contributed by atoms with Crippen LogP contribution in [0, 0.1) is 11.8 Å². The Balaban J connectivity index is 0. The van der Waals surface area contributed by atoms with Crippen molar-refractivity contribution in [1.29, 1.82) is 0 Å². The molecule has 0 N–H and O–H groups in total. The zero-order chi connectivity index (χ0) is 34.9. The SMILES string of the molecule is C.C.CC1CCCN(C)C1.CC1CCN(C)CC1.CCN1CCN(C)CC1.CN1CCCCC1.CN1CCN(C)CC1.CN1CCOCC1. The molecule has 0 aromatic rings. The summed E-state index contributed by atoms with van der Waals surface area (Å²) in [4.78, 5) is 19.1. The Hall–Kier alpha value is -0.360. The van der Waals surface area contributed by atoms with Crippen LogP contribution in [-0.2, 0) is 4.74 Å². The van der Waals surface area contributed by atoms with Crippen LogP contribution in [-0.4, -0.2) is 213 Å². The van der Waals surface area contributed by atoms with Crippen LogP contribution in [0.4, 0.5) is 0 Å². The van der Waals surface area contributed by atoms with Crippen molar-refractivity contribution in [3.8, 4) is 0 Å². The second kappa shape index (κ2) is 32.3. The molecule has 6 aliphatic rings. The quantitative estimate of drug-likeness (QED) is 0.370. The van der Waals surface area contributed by atoms with E-state index in [1.807, 2.05) is 0 Å². The summed E-state index contributed by atoms with van der Waals surface area (Å²) in [6.45, 7) is 29.9. The van der Waals surface area contributed by atoms with Gasteiger partial charge in [-0.25, -0.2) is 0 Å². The lowest BCUT2D eigenvalue weighted by Crippen LogP contribution is -2.44. The van der Waals surface area contributed by atoms with Crippen LogP contribution in [0.5, 0.6) is 0 Å². The third-order valence-corrected chi connectivity index (χ3v) is 10.5. The van der Waals surface area contributed by atoms with Crippen molar-refractivity contribution in [3.63, 3.8) is 0 Å². The van der Waals surface area contributed by atoms with Crippen molar-refractivity contribution in [2.45, 2.75) is 80.6 Å². The summed E-state index contributed by atoms with van der Waals surface area (Å²) >= 11 is 0. The number of hydrogen-bond acceptors (Lipinski definition) is 9. The van der Waals surface area contributed by atoms with Gasteiger partial charge in [-0.2, -0.15) is 0 Å². The predicted molar refractivity (Wildman–Crippen MR) is 220 cm³/mol. The third-order valence-electron chi connectivity index (χ3n) is 10.5. The standard InChI is InChI=1S/C7H16N2.2C7H15N.C6H14N2.C6H13N.C5H11NO.2CH4/c1-3-9-6-4-8(2)5-7-9;1-7-3-5-8(2)6-4-7;1-7-4-3-5-8(2)6-7;1-7-3-5-8(2)6-4-7;1-7-5-3-2-4-6-7;1-6-2-4-7-5-3-6;;/h3-7H2,1-2H3;2*7H,3-6H2,1-2H3;3-6H2,1-2H3;2-6H2,1H3;2-5H2,1H3;2*1H4. The lowest BCUT2D eigenvalue weighted by molar-refractivity contribution is 0.0503. The van der Waals surface area contributed by atoms with Gasteiger partial charge >= 0.3 is 0 Å². The molecule has 0 radical (unpaired) electrons. The van der Waals surface area contributed by atoms with Gasteiger partial charge in [-0.15, -0.1) is 0 Å². The Morgan fingerprint density at radius 3 is 1.10 bits per heavy atom. The van der Waals surface area contributed by atoms with Gasteiger partial charge in [0.1, 0.15) is 0 Å². The minimum Gasteiger partial charge on any atom is -0.379 e. The number of hydrogen-bond donors (Lipinski definition) is 0. The molecular formula is C40H92N8O. The van der Waals surface area contributed by atoms with E-state index in [9.17, 15) is 0 Å².